The van der Waals surface area contributed by atoms with Gasteiger partial charge in [-0.1, -0.05) is 20.8 Å². The van der Waals surface area contributed by atoms with Crippen LogP contribution in [-0.2, 0) is 15.0 Å². The zero-order valence-electron chi connectivity index (χ0n) is 12.7. The van der Waals surface area contributed by atoms with Gasteiger partial charge in [-0.2, -0.15) is 5.10 Å². The third-order valence-corrected chi connectivity index (χ3v) is 3.10. The molecule has 1 aromatic heterocycles. The summed E-state index contributed by atoms with van der Waals surface area (Å²) in [7, 11) is 0. The van der Waals surface area contributed by atoms with Gasteiger partial charge in [0, 0.05) is 18.4 Å². The Morgan fingerprint density at radius 2 is 2.14 bits per heavy atom. The molecule has 2 heterocycles. The Balaban J connectivity index is 1.79. The van der Waals surface area contributed by atoms with Crippen LogP contribution in [0.3, 0.4) is 0 Å². The number of anilines is 1. The first kappa shape index (κ1) is 15.7. The molecule has 1 fully saturated rings. The summed E-state index contributed by atoms with van der Waals surface area (Å²) in [5.41, 5.74) is 3.09. The molecule has 0 aromatic carbocycles. The van der Waals surface area contributed by atoms with E-state index in [1.54, 1.807) is 6.07 Å². The van der Waals surface area contributed by atoms with Crippen molar-refractivity contribution in [3.63, 3.8) is 0 Å². The second kappa shape index (κ2) is 6.82. The largest absolute Gasteiger partial charge is 0.350 e. The fourth-order valence-corrected chi connectivity index (χ4v) is 1.86. The zero-order valence-corrected chi connectivity index (χ0v) is 12.7. The highest BCUT2D eigenvalue weighted by Gasteiger charge is 2.17. The minimum absolute atomic E-state index is 0.0742. The first-order chi connectivity index (χ1) is 9.95. The van der Waals surface area contributed by atoms with Gasteiger partial charge < -0.3 is 4.74 Å². The van der Waals surface area contributed by atoms with Crippen molar-refractivity contribution < 1.29 is 14.4 Å². The predicted octanol–water partition coefficient (Wildman–Crippen LogP) is 2.35. The Bertz CT molecular complexity index is 464. The first-order valence-corrected chi connectivity index (χ1v) is 7.13. The van der Waals surface area contributed by atoms with Crippen LogP contribution in [0, 0.1) is 0 Å². The van der Waals surface area contributed by atoms with Crippen LogP contribution < -0.4 is 10.8 Å². The highest BCUT2D eigenvalue weighted by molar-refractivity contribution is 5.87. The Kier molecular flexibility index (Phi) is 5.08. The van der Waals surface area contributed by atoms with Crippen molar-refractivity contribution in [2.75, 3.05) is 11.9 Å². The van der Waals surface area contributed by atoms with Crippen molar-refractivity contribution in [3.8, 4) is 0 Å². The van der Waals surface area contributed by atoms with Gasteiger partial charge in [0.05, 0.1) is 5.69 Å². The Labute approximate surface area is 124 Å². The summed E-state index contributed by atoms with van der Waals surface area (Å²) in [6.45, 7) is 6.81. The molecular weight excluding hydrogens is 272 g/mol. The number of hydroxylamine groups is 1. The molecule has 2 amide bonds. The molecule has 1 saturated heterocycles. The molecule has 0 bridgehead atoms. The monoisotopic (exact) mass is 294 g/mol. The fourth-order valence-electron chi connectivity index (χ4n) is 1.86. The summed E-state index contributed by atoms with van der Waals surface area (Å²) in [5, 5.41) is 10.6. The average molecular weight is 294 g/mol. The molecular formula is C14H22N4O3. The summed E-state index contributed by atoms with van der Waals surface area (Å²) >= 11 is 0. The zero-order chi connectivity index (χ0) is 15.3. The van der Waals surface area contributed by atoms with Crippen LogP contribution in [0.25, 0.3) is 0 Å². The summed E-state index contributed by atoms with van der Waals surface area (Å²) < 4.78 is 5.34. The minimum atomic E-state index is -0.498. The summed E-state index contributed by atoms with van der Waals surface area (Å²) in [6, 6.07) is 3.06. The van der Waals surface area contributed by atoms with E-state index in [1.165, 1.54) is 0 Å². The SMILES string of the molecule is CC(C)(C)c1ccc(NC(=O)NOC2CCCCO2)nn1. The molecule has 0 spiro atoms. The molecule has 1 aliphatic heterocycles. The minimum Gasteiger partial charge on any atom is -0.350 e. The van der Waals surface area contributed by atoms with Gasteiger partial charge in [0.25, 0.3) is 0 Å². The molecule has 0 saturated carbocycles. The molecule has 1 aromatic rings. The Hall–Kier alpha value is -1.73. The van der Waals surface area contributed by atoms with Crippen molar-refractivity contribution in [3.05, 3.63) is 17.8 Å². The van der Waals surface area contributed by atoms with Crippen LogP contribution in [0.4, 0.5) is 10.6 Å². The summed E-state index contributed by atoms with van der Waals surface area (Å²) in [5.74, 6) is 0.369. The van der Waals surface area contributed by atoms with Crippen molar-refractivity contribution >= 4 is 11.8 Å². The number of aromatic nitrogens is 2. The highest BCUT2D eigenvalue weighted by Crippen LogP contribution is 2.19. The third-order valence-electron chi connectivity index (χ3n) is 3.10. The van der Waals surface area contributed by atoms with Crippen molar-refractivity contribution in [2.45, 2.75) is 51.7 Å². The summed E-state index contributed by atoms with van der Waals surface area (Å²) in [4.78, 5) is 16.8. The van der Waals surface area contributed by atoms with Crippen molar-refractivity contribution in [1.82, 2.24) is 15.7 Å². The van der Waals surface area contributed by atoms with E-state index in [4.69, 9.17) is 9.57 Å². The lowest BCUT2D eigenvalue weighted by atomic mass is 9.92. The maximum atomic E-state index is 11.7. The fraction of sp³-hybridized carbons (Fsp3) is 0.643. The maximum absolute atomic E-state index is 11.7. The lowest BCUT2D eigenvalue weighted by Gasteiger charge is -2.22. The molecule has 116 valence electrons. The molecule has 1 unspecified atom stereocenters. The van der Waals surface area contributed by atoms with E-state index < -0.39 is 6.03 Å². The standard InChI is InChI=1S/C14H22N4O3/c1-14(2,3)10-7-8-11(17-16-10)15-13(19)18-21-12-6-4-5-9-20-12/h7-8,12H,4-6,9H2,1-3H3,(H2,15,17,18,19). The third kappa shape index (κ3) is 4.95. The predicted molar refractivity (Wildman–Crippen MR) is 77.6 cm³/mol. The number of hydrogen-bond acceptors (Lipinski definition) is 5. The normalized spacial score (nSPS) is 19.1. The van der Waals surface area contributed by atoms with Gasteiger partial charge in [-0.3, -0.25) is 5.32 Å². The smallest absolute Gasteiger partial charge is 0.344 e. The van der Waals surface area contributed by atoms with Gasteiger partial charge in [0.2, 0.25) is 0 Å². The maximum Gasteiger partial charge on any atom is 0.344 e. The van der Waals surface area contributed by atoms with E-state index in [1.807, 2.05) is 6.07 Å². The second-order valence-electron chi connectivity index (χ2n) is 6.02. The number of rotatable bonds is 3. The average Bonchev–Trinajstić information content (AvgIpc) is 2.46. The number of urea groups is 1. The topological polar surface area (TPSA) is 85.4 Å². The molecule has 7 heteroatoms. The van der Waals surface area contributed by atoms with E-state index in [0.717, 1.165) is 25.0 Å². The quantitative estimate of drug-likeness (QED) is 0.836. The van der Waals surface area contributed by atoms with Crippen molar-refractivity contribution in [2.24, 2.45) is 0 Å². The van der Waals surface area contributed by atoms with E-state index in [9.17, 15) is 4.79 Å². The van der Waals surface area contributed by atoms with Gasteiger partial charge in [-0.05, 0) is 25.0 Å². The van der Waals surface area contributed by atoms with Crippen LogP contribution in [0.5, 0.6) is 0 Å². The van der Waals surface area contributed by atoms with Crippen LogP contribution >= 0.6 is 0 Å². The number of nitrogens with zero attached hydrogens (tertiary/aromatic N) is 2. The van der Waals surface area contributed by atoms with E-state index in [2.05, 4.69) is 41.8 Å². The molecule has 0 aliphatic carbocycles. The number of carbonyl (C=O) groups is 1. The van der Waals surface area contributed by atoms with Crippen LogP contribution in [0.2, 0.25) is 0 Å². The molecule has 21 heavy (non-hydrogen) atoms. The van der Waals surface area contributed by atoms with E-state index in [0.29, 0.717) is 12.4 Å². The van der Waals surface area contributed by atoms with Crippen LogP contribution in [0.15, 0.2) is 12.1 Å². The highest BCUT2D eigenvalue weighted by atomic mass is 16.8. The number of carbonyl (C=O) groups excluding carboxylic acids is 1. The van der Waals surface area contributed by atoms with Gasteiger partial charge in [0.15, 0.2) is 12.1 Å². The Morgan fingerprint density at radius 1 is 1.33 bits per heavy atom. The van der Waals surface area contributed by atoms with Crippen molar-refractivity contribution in [1.29, 1.82) is 0 Å². The number of nitrogens with one attached hydrogen (secondary N) is 2. The number of hydrogen-bond donors (Lipinski definition) is 2. The van der Waals surface area contributed by atoms with E-state index in [-0.39, 0.29) is 11.7 Å². The van der Waals surface area contributed by atoms with Crippen LogP contribution in [0.1, 0.15) is 45.7 Å². The molecule has 0 radical (unpaired) electrons. The lowest BCUT2D eigenvalue weighted by Crippen LogP contribution is -2.35. The van der Waals surface area contributed by atoms with Gasteiger partial charge >= 0.3 is 6.03 Å². The molecule has 1 aliphatic rings. The van der Waals surface area contributed by atoms with Gasteiger partial charge in [-0.15, -0.1) is 5.10 Å². The van der Waals surface area contributed by atoms with Crippen LogP contribution in [-0.4, -0.2) is 29.1 Å². The molecule has 7 nitrogen and oxygen atoms in total. The van der Waals surface area contributed by atoms with Gasteiger partial charge in [-0.25, -0.2) is 15.1 Å². The lowest BCUT2D eigenvalue weighted by molar-refractivity contribution is -0.185. The summed E-state index contributed by atoms with van der Waals surface area (Å²) in [6.07, 6.45) is 2.47. The Morgan fingerprint density at radius 3 is 2.71 bits per heavy atom. The second-order valence-corrected chi connectivity index (χ2v) is 6.02. The molecule has 1 atom stereocenters. The van der Waals surface area contributed by atoms with Gasteiger partial charge in [0.1, 0.15) is 0 Å². The number of ether oxygens (including phenoxy) is 1. The van der Waals surface area contributed by atoms with E-state index >= 15 is 0 Å². The molecule has 2 rings (SSSR count). The first-order valence-electron chi connectivity index (χ1n) is 7.13. The molecule has 2 N–H and O–H groups in total. The number of amides is 2.